The van der Waals surface area contributed by atoms with Crippen molar-refractivity contribution in [3.8, 4) is 0 Å². The van der Waals surface area contributed by atoms with Gasteiger partial charge in [0.1, 0.15) is 0 Å². The number of rotatable bonds is 0. The lowest BCUT2D eigenvalue weighted by Gasteiger charge is -1.93. The molecular weight excluding hydrogens is 415 g/mol. The highest BCUT2D eigenvalue weighted by molar-refractivity contribution is 14.1. The van der Waals surface area contributed by atoms with Crippen LogP contribution in [0.2, 0.25) is 0 Å². The number of halogens is 3. The normalized spacial score (nSPS) is 10.9. The lowest BCUT2D eigenvalue weighted by molar-refractivity contribution is 1.75. The van der Waals surface area contributed by atoms with Gasteiger partial charge in [0.2, 0.25) is 0 Å². The molecule has 0 aliphatic rings. The summed E-state index contributed by atoms with van der Waals surface area (Å²) in [5.74, 6) is 0. The summed E-state index contributed by atoms with van der Waals surface area (Å²) < 4.78 is 4.95. The molecule has 2 aromatic rings. The lowest BCUT2D eigenvalue weighted by atomic mass is 10.3. The van der Waals surface area contributed by atoms with Gasteiger partial charge in [0.05, 0.1) is 8.26 Å². The van der Waals surface area contributed by atoms with Gasteiger partial charge in [-0.25, -0.2) is 0 Å². The zero-order chi connectivity index (χ0) is 8.72. The van der Waals surface area contributed by atoms with E-state index in [1.807, 2.05) is 0 Å². The van der Waals surface area contributed by atoms with Crippen LogP contribution in [-0.4, -0.2) is 0 Å². The Balaban J connectivity index is 2.97. The number of hydrogen-bond donors (Lipinski definition) is 0. The van der Waals surface area contributed by atoms with Crippen molar-refractivity contribution in [2.75, 3.05) is 0 Å². The van der Waals surface area contributed by atoms with Crippen LogP contribution in [0.15, 0.2) is 26.5 Å². The molecule has 2 rings (SSSR count). The summed E-state index contributed by atoms with van der Waals surface area (Å²) in [5.41, 5.74) is 0. The molecule has 1 aromatic heterocycles. The SMILES string of the molecule is Brc1sc2cccc(I)c2c1Br. The van der Waals surface area contributed by atoms with Crippen LogP contribution in [0.4, 0.5) is 0 Å². The van der Waals surface area contributed by atoms with Gasteiger partial charge < -0.3 is 0 Å². The largest absolute Gasteiger partial charge is 0.127 e. The number of fused-ring (bicyclic) bond motifs is 1. The molecule has 0 fully saturated rings. The Labute approximate surface area is 105 Å². The van der Waals surface area contributed by atoms with Crippen LogP contribution in [-0.2, 0) is 0 Å². The van der Waals surface area contributed by atoms with Crippen molar-refractivity contribution >= 4 is 75.9 Å². The van der Waals surface area contributed by atoms with Gasteiger partial charge in [-0.1, -0.05) is 6.07 Å². The Morgan fingerprint density at radius 3 is 2.67 bits per heavy atom. The van der Waals surface area contributed by atoms with Crippen molar-refractivity contribution in [1.82, 2.24) is 0 Å². The molecule has 0 saturated carbocycles. The first-order valence-electron chi connectivity index (χ1n) is 3.22. The zero-order valence-corrected chi connectivity index (χ0v) is 11.9. The lowest BCUT2D eigenvalue weighted by Crippen LogP contribution is -1.70. The van der Waals surface area contributed by atoms with E-state index in [1.165, 1.54) is 21.9 Å². The van der Waals surface area contributed by atoms with E-state index in [9.17, 15) is 0 Å². The Bertz CT molecular complexity index is 436. The molecule has 0 N–H and O–H groups in total. The molecule has 0 radical (unpaired) electrons. The van der Waals surface area contributed by atoms with Crippen molar-refractivity contribution < 1.29 is 0 Å². The fourth-order valence-corrected chi connectivity index (χ4v) is 4.73. The Morgan fingerprint density at radius 2 is 2.00 bits per heavy atom. The van der Waals surface area contributed by atoms with Crippen LogP contribution in [0.5, 0.6) is 0 Å². The van der Waals surface area contributed by atoms with Gasteiger partial charge in [-0.05, 0) is 66.6 Å². The van der Waals surface area contributed by atoms with Crippen LogP contribution < -0.4 is 0 Å². The molecule has 0 aliphatic heterocycles. The maximum Gasteiger partial charge on any atom is 0.0853 e. The third-order valence-corrected chi connectivity index (χ3v) is 5.88. The highest BCUT2D eigenvalue weighted by Crippen LogP contribution is 2.41. The van der Waals surface area contributed by atoms with Crippen LogP contribution in [0.1, 0.15) is 0 Å². The van der Waals surface area contributed by atoms with Crippen LogP contribution in [0.3, 0.4) is 0 Å². The number of benzene rings is 1. The van der Waals surface area contributed by atoms with E-state index in [4.69, 9.17) is 0 Å². The van der Waals surface area contributed by atoms with Crippen LogP contribution in [0, 0.1) is 3.57 Å². The van der Waals surface area contributed by atoms with E-state index < -0.39 is 0 Å². The molecule has 0 spiro atoms. The predicted octanol–water partition coefficient (Wildman–Crippen LogP) is 5.03. The van der Waals surface area contributed by atoms with E-state index in [-0.39, 0.29) is 0 Å². The second-order valence-electron chi connectivity index (χ2n) is 2.30. The molecule has 4 heteroatoms. The number of hydrogen-bond acceptors (Lipinski definition) is 1. The summed E-state index contributed by atoms with van der Waals surface area (Å²) in [7, 11) is 0. The predicted molar refractivity (Wildman–Crippen MR) is 69.9 cm³/mol. The minimum absolute atomic E-state index is 1.17. The summed E-state index contributed by atoms with van der Waals surface area (Å²) in [5, 5.41) is 1.31. The van der Waals surface area contributed by atoms with Crippen molar-refractivity contribution in [3.63, 3.8) is 0 Å². The summed E-state index contributed by atoms with van der Waals surface area (Å²) in [6, 6.07) is 6.34. The maximum absolute atomic E-state index is 3.56. The standard InChI is InChI=1S/C8H3Br2IS/c9-7-6-4(11)2-1-3-5(6)12-8(7)10/h1-3H. The summed E-state index contributed by atoms with van der Waals surface area (Å²) in [6.45, 7) is 0. The molecule has 0 aliphatic carbocycles. The third kappa shape index (κ3) is 1.47. The Kier molecular flexibility index (Phi) is 2.79. The fourth-order valence-electron chi connectivity index (χ4n) is 1.04. The second kappa shape index (κ2) is 3.55. The average molecular weight is 418 g/mol. The quantitative estimate of drug-likeness (QED) is 0.527. The van der Waals surface area contributed by atoms with Gasteiger partial charge in [-0.3, -0.25) is 0 Å². The van der Waals surface area contributed by atoms with E-state index >= 15 is 0 Å². The van der Waals surface area contributed by atoms with Gasteiger partial charge in [-0.15, -0.1) is 11.3 Å². The van der Waals surface area contributed by atoms with Gasteiger partial charge >= 0.3 is 0 Å². The maximum atomic E-state index is 3.56. The monoisotopic (exact) mass is 416 g/mol. The summed E-state index contributed by atoms with van der Waals surface area (Å²) in [4.78, 5) is 0. The molecule has 0 amide bonds. The van der Waals surface area contributed by atoms with Gasteiger partial charge in [0, 0.05) is 13.7 Å². The van der Waals surface area contributed by atoms with Gasteiger partial charge in [-0.2, -0.15) is 0 Å². The highest BCUT2D eigenvalue weighted by atomic mass is 127. The minimum Gasteiger partial charge on any atom is -0.127 e. The van der Waals surface area contributed by atoms with E-state index in [1.54, 1.807) is 11.3 Å². The smallest absolute Gasteiger partial charge is 0.0853 e. The van der Waals surface area contributed by atoms with E-state index in [2.05, 4.69) is 72.6 Å². The minimum atomic E-state index is 1.17. The first kappa shape index (κ1) is 9.43. The fraction of sp³-hybridized carbons (Fsp3) is 0. The zero-order valence-electron chi connectivity index (χ0n) is 5.77. The van der Waals surface area contributed by atoms with Crippen molar-refractivity contribution in [3.05, 3.63) is 30.0 Å². The van der Waals surface area contributed by atoms with Crippen LogP contribution in [0.25, 0.3) is 10.1 Å². The summed E-state index contributed by atoms with van der Waals surface area (Å²) in [6.07, 6.45) is 0. The molecule has 12 heavy (non-hydrogen) atoms. The van der Waals surface area contributed by atoms with E-state index in [0.717, 1.165) is 0 Å². The van der Waals surface area contributed by atoms with Gasteiger partial charge in [0.15, 0.2) is 0 Å². The molecule has 0 atom stereocenters. The molecule has 0 nitrogen and oxygen atoms in total. The van der Waals surface area contributed by atoms with Crippen molar-refractivity contribution in [1.29, 1.82) is 0 Å². The third-order valence-electron chi connectivity index (χ3n) is 1.57. The molecule has 0 unspecified atom stereocenters. The molecule has 1 heterocycles. The Morgan fingerprint density at radius 1 is 1.25 bits per heavy atom. The average Bonchev–Trinajstić information content (AvgIpc) is 2.29. The first-order chi connectivity index (χ1) is 5.70. The molecule has 62 valence electrons. The first-order valence-corrected chi connectivity index (χ1v) is 6.70. The Hall–Kier alpha value is 0.870. The highest BCUT2D eigenvalue weighted by Gasteiger charge is 2.09. The molecule has 0 bridgehead atoms. The second-order valence-corrected chi connectivity index (χ2v) is 6.63. The van der Waals surface area contributed by atoms with Crippen LogP contribution >= 0.6 is 65.8 Å². The summed E-state index contributed by atoms with van der Waals surface area (Å²) >= 11 is 11.2. The topological polar surface area (TPSA) is 0 Å². The number of thiophene rings is 1. The molecule has 0 saturated heterocycles. The van der Waals surface area contributed by atoms with Crippen molar-refractivity contribution in [2.24, 2.45) is 0 Å². The van der Waals surface area contributed by atoms with E-state index in [0.29, 0.717) is 0 Å². The van der Waals surface area contributed by atoms with Gasteiger partial charge in [0.25, 0.3) is 0 Å². The molecular formula is C8H3Br2IS. The van der Waals surface area contributed by atoms with Crippen molar-refractivity contribution in [2.45, 2.75) is 0 Å². The molecule has 1 aromatic carbocycles.